The molecule has 0 atom stereocenters. The molecule has 0 radical (unpaired) electrons. The third-order valence-corrected chi connectivity index (χ3v) is 2.35. The van der Waals surface area contributed by atoms with E-state index in [4.69, 9.17) is 4.74 Å². The Morgan fingerprint density at radius 3 is 3.15 bits per heavy atom. The zero-order valence-electron chi connectivity index (χ0n) is 7.20. The van der Waals surface area contributed by atoms with Crippen LogP contribution in [0.1, 0.15) is 0 Å². The first-order valence-corrected chi connectivity index (χ1v) is 4.70. The molecule has 0 bridgehead atoms. The number of rotatable bonds is 2. The standard InChI is InChI=1S/C9H9BrN2O/c1-13-6-12-9-4-8(10)3-2-7(9)5-11-12/h2-5H,6H2,1H3. The Morgan fingerprint density at radius 2 is 2.38 bits per heavy atom. The minimum absolute atomic E-state index is 0.486. The summed E-state index contributed by atoms with van der Waals surface area (Å²) in [6.07, 6.45) is 1.83. The minimum Gasteiger partial charge on any atom is -0.362 e. The van der Waals surface area contributed by atoms with Crippen molar-refractivity contribution in [1.82, 2.24) is 9.78 Å². The highest BCUT2D eigenvalue weighted by Gasteiger charge is 2.01. The number of methoxy groups -OCH3 is 1. The van der Waals surface area contributed by atoms with Gasteiger partial charge in [-0.3, -0.25) is 0 Å². The number of halogens is 1. The van der Waals surface area contributed by atoms with Crippen molar-refractivity contribution >= 4 is 26.8 Å². The Hall–Kier alpha value is -0.870. The summed E-state index contributed by atoms with van der Waals surface area (Å²) in [5, 5.41) is 5.32. The Morgan fingerprint density at radius 1 is 1.54 bits per heavy atom. The van der Waals surface area contributed by atoms with Gasteiger partial charge in [0.2, 0.25) is 0 Å². The maximum Gasteiger partial charge on any atom is 0.139 e. The Balaban J connectivity index is 2.58. The van der Waals surface area contributed by atoms with E-state index >= 15 is 0 Å². The summed E-state index contributed by atoms with van der Waals surface area (Å²) in [5.74, 6) is 0. The summed E-state index contributed by atoms with van der Waals surface area (Å²) in [7, 11) is 1.66. The van der Waals surface area contributed by atoms with Gasteiger partial charge < -0.3 is 4.74 Å². The molecule has 0 fully saturated rings. The first-order chi connectivity index (χ1) is 6.31. The molecule has 1 aromatic carbocycles. The highest BCUT2D eigenvalue weighted by Crippen LogP contribution is 2.19. The van der Waals surface area contributed by atoms with Crippen LogP contribution < -0.4 is 0 Å². The lowest BCUT2D eigenvalue weighted by atomic mass is 10.3. The van der Waals surface area contributed by atoms with Gasteiger partial charge in [0.25, 0.3) is 0 Å². The van der Waals surface area contributed by atoms with Crippen LogP contribution in [0.2, 0.25) is 0 Å². The average Bonchev–Trinajstić information content (AvgIpc) is 2.49. The lowest BCUT2D eigenvalue weighted by molar-refractivity contribution is 0.124. The monoisotopic (exact) mass is 240 g/mol. The number of hydrogen-bond acceptors (Lipinski definition) is 2. The second-order valence-electron chi connectivity index (χ2n) is 2.77. The number of hydrogen-bond donors (Lipinski definition) is 0. The fourth-order valence-electron chi connectivity index (χ4n) is 1.27. The molecule has 0 N–H and O–H groups in total. The van der Waals surface area contributed by atoms with E-state index < -0.39 is 0 Å². The van der Waals surface area contributed by atoms with Gasteiger partial charge in [-0.1, -0.05) is 22.0 Å². The molecule has 1 heterocycles. The van der Waals surface area contributed by atoms with Crippen molar-refractivity contribution < 1.29 is 4.74 Å². The Bertz CT molecular complexity index is 424. The molecule has 3 nitrogen and oxygen atoms in total. The van der Waals surface area contributed by atoms with E-state index in [0.29, 0.717) is 6.73 Å². The Labute approximate surface area is 84.4 Å². The van der Waals surface area contributed by atoms with Gasteiger partial charge in [0.15, 0.2) is 0 Å². The highest BCUT2D eigenvalue weighted by molar-refractivity contribution is 9.10. The van der Waals surface area contributed by atoms with Gasteiger partial charge in [-0.2, -0.15) is 5.10 Å². The average molecular weight is 241 g/mol. The van der Waals surface area contributed by atoms with Crippen LogP contribution in [0.4, 0.5) is 0 Å². The van der Waals surface area contributed by atoms with Gasteiger partial charge in [0.05, 0.1) is 11.7 Å². The van der Waals surface area contributed by atoms with Crippen molar-refractivity contribution in [2.45, 2.75) is 6.73 Å². The molecule has 13 heavy (non-hydrogen) atoms. The lowest BCUT2D eigenvalue weighted by Gasteiger charge is -2.00. The van der Waals surface area contributed by atoms with Crippen LogP contribution in [0.3, 0.4) is 0 Å². The predicted molar refractivity (Wildman–Crippen MR) is 54.4 cm³/mol. The fraction of sp³-hybridized carbons (Fsp3) is 0.222. The molecule has 0 amide bonds. The van der Waals surface area contributed by atoms with Crippen molar-refractivity contribution in [1.29, 1.82) is 0 Å². The molecule has 68 valence electrons. The van der Waals surface area contributed by atoms with Gasteiger partial charge in [-0.05, 0) is 12.1 Å². The van der Waals surface area contributed by atoms with Crippen LogP contribution in [0.15, 0.2) is 28.9 Å². The number of nitrogens with zero attached hydrogens (tertiary/aromatic N) is 2. The molecule has 0 aliphatic carbocycles. The fourth-order valence-corrected chi connectivity index (χ4v) is 1.62. The Kier molecular flexibility index (Phi) is 2.33. The number of ether oxygens (including phenoxy) is 1. The van der Waals surface area contributed by atoms with Gasteiger partial charge in [0, 0.05) is 17.0 Å². The molecular weight excluding hydrogens is 232 g/mol. The summed E-state index contributed by atoms with van der Waals surface area (Å²) >= 11 is 3.42. The second kappa shape index (κ2) is 3.47. The molecule has 0 spiro atoms. The zero-order valence-corrected chi connectivity index (χ0v) is 8.78. The first-order valence-electron chi connectivity index (χ1n) is 3.91. The van der Waals surface area contributed by atoms with Crippen molar-refractivity contribution in [3.8, 4) is 0 Å². The quantitative estimate of drug-likeness (QED) is 0.807. The summed E-state index contributed by atoms with van der Waals surface area (Å²) < 4.78 is 7.89. The summed E-state index contributed by atoms with van der Waals surface area (Å²) in [6, 6.07) is 6.06. The first kappa shape index (κ1) is 8.72. The minimum atomic E-state index is 0.486. The van der Waals surface area contributed by atoms with Crippen LogP contribution >= 0.6 is 15.9 Å². The van der Waals surface area contributed by atoms with Crippen LogP contribution in [0.25, 0.3) is 10.9 Å². The van der Waals surface area contributed by atoms with E-state index in [0.717, 1.165) is 15.4 Å². The molecular formula is C9H9BrN2O. The van der Waals surface area contributed by atoms with Crippen LogP contribution in [-0.4, -0.2) is 16.9 Å². The summed E-state index contributed by atoms with van der Waals surface area (Å²) in [6.45, 7) is 0.486. The molecule has 0 unspecified atom stereocenters. The van der Waals surface area contributed by atoms with Crippen molar-refractivity contribution in [2.75, 3.05) is 7.11 Å². The van der Waals surface area contributed by atoms with Crippen LogP contribution in [0, 0.1) is 0 Å². The third-order valence-electron chi connectivity index (χ3n) is 1.86. The maximum atomic E-state index is 5.02. The van der Waals surface area contributed by atoms with Gasteiger partial charge in [0.1, 0.15) is 6.73 Å². The second-order valence-corrected chi connectivity index (χ2v) is 3.68. The lowest BCUT2D eigenvalue weighted by Crippen LogP contribution is -2.00. The molecule has 4 heteroatoms. The molecule has 1 aromatic heterocycles. The highest BCUT2D eigenvalue weighted by atomic mass is 79.9. The maximum absolute atomic E-state index is 5.02. The van der Waals surface area contributed by atoms with Gasteiger partial charge in [-0.25, -0.2) is 4.68 Å². The molecule has 2 rings (SSSR count). The largest absolute Gasteiger partial charge is 0.362 e. The number of benzene rings is 1. The van der Waals surface area contributed by atoms with E-state index in [-0.39, 0.29) is 0 Å². The molecule has 0 aliphatic rings. The van der Waals surface area contributed by atoms with E-state index in [1.54, 1.807) is 7.11 Å². The van der Waals surface area contributed by atoms with E-state index in [1.807, 2.05) is 29.1 Å². The predicted octanol–water partition coefficient (Wildman–Crippen LogP) is 2.40. The molecule has 0 aliphatic heterocycles. The van der Waals surface area contributed by atoms with E-state index in [2.05, 4.69) is 21.0 Å². The van der Waals surface area contributed by atoms with Crippen molar-refractivity contribution in [3.63, 3.8) is 0 Å². The van der Waals surface area contributed by atoms with E-state index in [1.165, 1.54) is 0 Å². The normalized spacial score (nSPS) is 10.9. The van der Waals surface area contributed by atoms with Crippen molar-refractivity contribution in [3.05, 3.63) is 28.9 Å². The summed E-state index contributed by atoms with van der Waals surface area (Å²) in [4.78, 5) is 0. The van der Waals surface area contributed by atoms with Gasteiger partial charge >= 0.3 is 0 Å². The topological polar surface area (TPSA) is 27.1 Å². The van der Waals surface area contributed by atoms with Crippen molar-refractivity contribution in [2.24, 2.45) is 0 Å². The SMILES string of the molecule is COCn1ncc2ccc(Br)cc21. The zero-order chi connectivity index (χ0) is 9.26. The smallest absolute Gasteiger partial charge is 0.139 e. The van der Waals surface area contributed by atoms with E-state index in [9.17, 15) is 0 Å². The molecule has 0 saturated carbocycles. The van der Waals surface area contributed by atoms with Crippen LogP contribution in [0.5, 0.6) is 0 Å². The molecule has 0 saturated heterocycles. The number of fused-ring (bicyclic) bond motifs is 1. The number of aromatic nitrogens is 2. The summed E-state index contributed by atoms with van der Waals surface area (Å²) in [5.41, 5.74) is 1.08. The van der Waals surface area contributed by atoms with Crippen LogP contribution in [-0.2, 0) is 11.5 Å². The van der Waals surface area contributed by atoms with Gasteiger partial charge in [-0.15, -0.1) is 0 Å². The molecule has 2 aromatic rings. The third kappa shape index (κ3) is 1.59.